The molecular weight excluding hydrogens is 530 g/mol. The second-order valence-electron chi connectivity index (χ2n) is 9.49. The normalized spacial score (nSPS) is 17.8. The average Bonchev–Trinajstić information content (AvgIpc) is 3.49. The number of sulfonamides is 2. The van der Waals surface area contributed by atoms with Crippen molar-refractivity contribution >= 4 is 26.0 Å². The SMILES string of the molecule is COc1ccc(OC)c(S(=O)(=O)N2CCC(C(=O)NCCc3ccc(S(=O)(=O)N4CCCC4)cc3)CC2)c1. The first-order valence-corrected chi connectivity index (χ1v) is 15.6. The maximum Gasteiger partial charge on any atom is 0.246 e. The Morgan fingerprint density at radius 1 is 0.868 bits per heavy atom. The lowest BCUT2D eigenvalue weighted by atomic mass is 9.97. The van der Waals surface area contributed by atoms with Crippen LogP contribution in [0.4, 0.5) is 0 Å². The highest BCUT2D eigenvalue weighted by Crippen LogP contribution is 2.32. The van der Waals surface area contributed by atoms with Gasteiger partial charge in [-0.25, -0.2) is 16.8 Å². The van der Waals surface area contributed by atoms with Gasteiger partial charge in [-0.15, -0.1) is 0 Å². The van der Waals surface area contributed by atoms with Gasteiger partial charge in [0.2, 0.25) is 26.0 Å². The Labute approximate surface area is 225 Å². The zero-order valence-electron chi connectivity index (χ0n) is 21.8. The van der Waals surface area contributed by atoms with E-state index in [2.05, 4.69) is 5.32 Å². The molecule has 0 atom stereocenters. The van der Waals surface area contributed by atoms with Gasteiger partial charge in [-0.1, -0.05) is 12.1 Å². The second-order valence-corrected chi connectivity index (χ2v) is 13.3. The molecule has 0 unspecified atom stereocenters. The number of carbonyl (C=O) groups excluding carboxylic acids is 1. The quantitative estimate of drug-likeness (QED) is 0.469. The molecule has 2 saturated heterocycles. The van der Waals surface area contributed by atoms with Gasteiger partial charge < -0.3 is 14.8 Å². The minimum Gasteiger partial charge on any atom is -0.497 e. The molecule has 2 aromatic rings. The predicted molar refractivity (Wildman–Crippen MR) is 142 cm³/mol. The maximum atomic E-state index is 13.3. The Balaban J connectivity index is 1.27. The Bertz CT molecular complexity index is 1330. The van der Waals surface area contributed by atoms with Crippen LogP contribution in [0.25, 0.3) is 0 Å². The molecule has 1 N–H and O–H groups in total. The first-order chi connectivity index (χ1) is 18.2. The minimum atomic E-state index is -3.81. The molecule has 0 saturated carbocycles. The number of methoxy groups -OCH3 is 2. The van der Waals surface area contributed by atoms with Gasteiger partial charge in [0.15, 0.2) is 0 Å². The van der Waals surface area contributed by atoms with E-state index in [1.54, 1.807) is 36.4 Å². The molecule has 12 heteroatoms. The lowest BCUT2D eigenvalue weighted by Gasteiger charge is -2.31. The van der Waals surface area contributed by atoms with Crippen LogP contribution in [0.15, 0.2) is 52.3 Å². The summed E-state index contributed by atoms with van der Waals surface area (Å²) in [6, 6.07) is 11.5. The molecule has 2 aromatic carbocycles. The molecule has 2 heterocycles. The lowest BCUT2D eigenvalue weighted by molar-refractivity contribution is -0.126. The summed E-state index contributed by atoms with van der Waals surface area (Å²) in [5, 5.41) is 2.94. The number of hydrogen-bond acceptors (Lipinski definition) is 7. The van der Waals surface area contributed by atoms with Gasteiger partial charge in [-0.3, -0.25) is 4.79 Å². The summed E-state index contributed by atoms with van der Waals surface area (Å²) in [5.41, 5.74) is 0.929. The monoisotopic (exact) mass is 565 g/mol. The number of ether oxygens (including phenoxy) is 2. The molecule has 2 aliphatic heterocycles. The minimum absolute atomic E-state index is 0.0431. The molecule has 2 fully saturated rings. The van der Waals surface area contributed by atoms with Crippen molar-refractivity contribution in [2.75, 3.05) is 46.9 Å². The van der Waals surface area contributed by atoms with E-state index in [0.717, 1.165) is 18.4 Å². The number of nitrogens with zero attached hydrogens (tertiary/aromatic N) is 2. The van der Waals surface area contributed by atoms with Crippen LogP contribution in [0.5, 0.6) is 11.5 Å². The molecule has 0 radical (unpaired) electrons. The van der Waals surface area contributed by atoms with E-state index in [1.165, 1.54) is 28.9 Å². The highest BCUT2D eigenvalue weighted by molar-refractivity contribution is 7.89. The molecule has 4 rings (SSSR count). The summed E-state index contributed by atoms with van der Waals surface area (Å²) in [6.45, 7) is 2.00. The molecule has 1 amide bonds. The number of hydrogen-bond donors (Lipinski definition) is 1. The fourth-order valence-electron chi connectivity index (χ4n) is 4.86. The number of piperidine rings is 1. The molecule has 0 aliphatic carbocycles. The molecule has 0 spiro atoms. The van der Waals surface area contributed by atoms with Crippen LogP contribution in [0.3, 0.4) is 0 Å². The number of nitrogens with one attached hydrogen (secondary N) is 1. The molecule has 0 bridgehead atoms. The second kappa shape index (κ2) is 12.0. The van der Waals surface area contributed by atoms with E-state index in [4.69, 9.17) is 9.47 Å². The predicted octanol–water partition coefficient (Wildman–Crippen LogP) is 2.25. The topological polar surface area (TPSA) is 122 Å². The van der Waals surface area contributed by atoms with Crippen molar-refractivity contribution in [3.05, 3.63) is 48.0 Å². The van der Waals surface area contributed by atoms with Gasteiger partial charge in [-0.05, 0) is 61.9 Å². The largest absolute Gasteiger partial charge is 0.497 e. The van der Waals surface area contributed by atoms with E-state index in [9.17, 15) is 21.6 Å². The smallest absolute Gasteiger partial charge is 0.246 e. The van der Waals surface area contributed by atoms with Crippen LogP contribution in [-0.4, -0.2) is 78.3 Å². The standard InChI is InChI=1S/C26H35N3O7S2/c1-35-22-7-10-24(36-2)25(19-22)38(33,34)29-17-12-21(13-18-29)26(30)27-14-11-20-5-8-23(9-6-20)37(31,32)28-15-3-4-16-28/h5-10,19,21H,3-4,11-18H2,1-2H3,(H,27,30). The van der Waals surface area contributed by atoms with Crippen LogP contribution in [0, 0.1) is 5.92 Å². The van der Waals surface area contributed by atoms with E-state index < -0.39 is 20.0 Å². The molecular formula is C26H35N3O7S2. The van der Waals surface area contributed by atoms with Crippen molar-refractivity contribution in [1.82, 2.24) is 13.9 Å². The molecule has 0 aromatic heterocycles. The molecule has 2 aliphatic rings. The molecule has 208 valence electrons. The Kier molecular flexibility index (Phi) is 8.96. The summed E-state index contributed by atoms with van der Waals surface area (Å²) < 4.78 is 65.2. The van der Waals surface area contributed by atoms with Crippen molar-refractivity contribution in [3.63, 3.8) is 0 Å². The van der Waals surface area contributed by atoms with Gasteiger partial charge in [0.25, 0.3) is 0 Å². The Morgan fingerprint density at radius 2 is 1.50 bits per heavy atom. The third-order valence-electron chi connectivity index (χ3n) is 7.15. The molecule has 38 heavy (non-hydrogen) atoms. The zero-order chi connectivity index (χ0) is 27.3. The summed E-state index contributed by atoms with van der Waals surface area (Å²) >= 11 is 0. The van der Waals surface area contributed by atoms with Crippen LogP contribution in [0.1, 0.15) is 31.2 Å². The first-order valence-electron chi connectivity index (χ1n) is 12.8. The number of amides is 1. The first kappa shape index (κ1) is 28.3. The van der Waals surface area contributed by atoms with Crippen LogP contribution >= 0.6 is 0 Å². The highest BCUT2D eigenvalue weighted by Gasteiger charge is 2.34. The zero-order valence-corrected chi connectivity index (χ0v) is 23.4. The van der Waals surface area contributed by atoms with Gasteiger partial charge in [-0.2, -0.15) is 8.61 Å². The summed E-state index contributed by atoms with van der Waals surface area (Å²) in [5.74, 6) is 0.282. The van der Waals surface area contributed by atoms with E-state index in [0.29, 0.717) is 49.5 Å². The van der Waals surface area contributed by atoms with Crippen molar-refractivity contribution in [2.45, 2.75) is 41.9 Å². The molecule has 10 nitrogen and oxygen atoms in total. The van der Waals surface area contributed by atoms with Crippen LogP contribution in [-0.2, 0) is 31.3 Å². The third kappa shape index (κ3) is 6.14. The van der Waals surface area contributed by atoms with Crippen molar-refractivity contribution in [3.8, 4) is 11.5 Å². The highest BCUT2D eigenvalue weighted by atomic mass is 32.2. The van der Waals surface area contributed by atoms with E-state index >= 15 is 0 Å². The summed E-state index contributed by atoms with van der Waals surface area (Å²) in [6.07, 6.45) is 3.19. The van der Waals surface area contributed by atoms with Gasteiger partial charge >= 0.3 is 0 Å². The van der Waals surface area contributed by atoms with Crippen LogP contribution < -0.4 is 14.8 Å². The van der Waals surface area contributed by atoms with Crippen molar-refractivity contribution in [1.29, 1.82) is 0 Å². The van der Waals surface area contributed by atoms with E-state index in [1.807, 2.05) is 0 Å². The van der Waals surface area contributed by atoms with Crippen molar-refractivity contribution < 1.29 is 31.1 Å². The van der Waals surface area contributed by atoms with Gasteiger partial charge in [0.05, 0.1) is 19.1 Å². The lowest BCUT2D eigenvalue weighted by Crippen LogP contribution is -2.43. The average molecular weight is 566 g/mol. The van der Waals surface area contributed by atoms with Crippen molar-refractivity contribution in [2.24, 2.45) is 5.92 Å². The fraction of sp³-hybridized carbons (Fsp3) is 0.500. The number of benzene rings is 2. The third-order valence-corrected chi connectivity index (χ3v) is 11.0. The van der Waals surface area contributed by atoms with E-state index in [-0.39, 0.29) is 35.6 Å². The maximum absolute atomic E-state index is 13.3. The number of rotatable bonds is 10. The summed E-state index contributed by atoms with van der Waals surface area (Å²) in [4.78, 5) is 13.1. The number of carbonyl (C=O) groups is 1. The van der Waals surface area contributed by atoms with Crippen LogP contribution in [0.2, 0.25) is 0 Å². The summed E-state index contributed by atoms with van der Waals surface area (Å²) in [7, 11) is -4.36. The Hall–Kier alpha value is -2.67. The van der Waals surface area contributed by atoms with Gasteiger partial charge in [0, 0.05) is 44.7 Å². The van der Waals surface area contributed by atoms with Gasteiger partial charge in [0.1, 0.15) is 16.4 Å². The fourth-order valence-corrected chi connectivity index (χ4v) is 8.02. The Morgan fingerprint density at radius 3 is 2.11 bits per heavy atom.